The third-order valence-electron chi connectivity index (χ3n) is 4.88. The summed E-state index contributed by atoms with van der Waals surface area (Å²) in [5.74, 6) is 0.246. The first-order valence-electron chi connectivity index (χ1n) is 9.45. The van der Waals surface area contributed by atoms with Gasteiger partial charge in [0.25, 0.3) is 0 Å². The van der Waals surface area contributed by atoms with Gasteiger partial charge in [-0.2, -0.15) is 0 Å². The average molecular weight is 427 g/mol. The van der Waals surface area contributed by atoms with Crippen molar-refractivity contribution in [2.24, 2.45) is 0 Å². The van der Waals surface area contributed by atoms with Gasteiger partial charge in [0.05, 0.1) is 10.0 Å². The molecule has 1 fully saturated rings. The highest BCUT2D eigenvalue weighted by Gasteiger charge is 2.20. The second-order valence-corrected chi connectivity index (χ2v) is 7.94. The second-order valence-electron chi connectivity index (χ2n) is 7.13. The van der Waals surface area contributed by atoms with Gasteiger partial charge in [-0.05, 0) is 67.9 Å². The van der Waals surface area contributed by atoms with Crippen LogP contribution in [0.2, 0.25) is 10.0 Å². The van der Waals surface area contributed by atoms with Gasteiger partial charge < -0.3 is 15.2 Å². The summed E-state index contributed by atoms with van der Waals surface area (Å²) in [6.45, 7) is 3.48. The Morgan fingerprint density at radius 2 is 1.82 bits per heavy atom. The fourth-order valence-corrected chi connectivity index (χ4v) is 3.60. The molecule has 1 unspecified atom stereocenters. The van der Waals surface area contributed by atoms with Gasteiger partial charge in [0.2, 0.25) is 0 Å². The number of rotatable bonds is 8. The van der Waals surface area contributed by atoms with Crippen molar-refractivity contribution in [2.45, 2.75) is 31.5 Å². The van der Waals surface area contributed by atoms with Crippen LogP contribution in [0.15, 0.2) is 42.5 Å². The van der Waals surface area contributed by atoms with Crippen molar-refractivity contribution in [3.63, 3.8) is 0 Å². The molecule has 2 N–H and O–H groups in total. The van der Waals surface area contributed by atoms with Crippen LogP contribution in [0.1, 0.15) is 18.4 Å². The first-order chi connectivity index (χ1) is 13.5. The lowest BCUT2D eigenvalue weighted by Gasteiger charge is -2.33. The molecule has 0 spiro atoms. The number of benzene rings is 2. The molecule has 2 aromatic carbocycles. The number of piperidine rings is 1. The molecular weight excluding hydrogens is 402 g/mol. The Bertz CT molecular complexity index is 753. The van der Waals surface area contributed by atoms with Crippen molar-refractivity contribution in [3.8, 4) is 5.75 Å². The van der Waals surface area contributed by atoms with Crippen LogP contribution < -0.4 is 10.1 Å². The number of hydrogen-bond acceptors (Lipinski definition) is 4. The maximum absolute atomic E-state index is 12.9. The van der Waals surface area contributed by atoms with Gasteiger partial charge in [0, 0.05) is 19.1 Å². The molecule has 28 heavy (non-hydrogen) atoms. The Kier molecular flexibility index (Phi) is 7.94. The van der Waals surface area contributed by atoms with Gasteiger partial charge in [0.15, 0.2) is 0 Å². The van der Waals surface area contributed by atoms with Gasteiger partial charge in [-0.25, -0.2) is 4.39 Å². The van der Waals surface area contributed by atoms with E-state index in [1.807, 2.05) is 18.2 Å². The molecule has 7 heteroatoms. The van der Waals surface area contributed by atoms with E-state index in [9.17, 15) is 9.50 Å². The van der Waals surface area contributed by atoms with Crippen LogP contribution in [0.5, 0.6) is 5.75 Å². The Labute approximate surface area is 175 Å². The van der Waals surface area contributed by atoms with E-state index in [2.05, 4.69) is 10.2 Å². The summed E-state index contributed by atoms with van der Waals surface area (Å²) in [7, 11) is 0. The molecule has 1 saturated heterocycles. The number of aliphatic hydroxyl groups excluding tert-OH is 1. The molecule has 0 saturated carbocycles. The van der Waals surface area contributed by atoms with E-state index in [0.29, 0.717) is 28.4 Å². The first-order valence-corrected chi connectivity index (χ1v) is 10.2. The zero-order valence-corrected chi connectivity index (χ0v) is 17.1. The van der Waals surface area contributed by atoms with Crippen molar-refractivity contribution in [2.75, 3.05) is 26.2 Å². The average Bonchev–Trinajstić information content (AvgIpc) is 2.70. The highest BCUT2D eigenvalue weighted by molar-refractivity contribution is 6.42. The molecule has 3 rings (SSSR count). The third kappa shape index (κ3) is 6.61. The predicted octanol–water partition coefficient (Wildman–Crippen LogP) is 4.13. The summed E-state index contributed by atoms with van der Waals surface area (Å²) in [6.07, 6.45) is 1.43. The van der Waals surface area contributed by atoms with E-state index >= 15 is 0 Å². The topological polar surface area (TPSA) is 44.7 Å². The summed E-state index contributed by atoms with van der Waals surface area (Å²) in [6, 6.07) is 11.9. The van der Waals surface area contributed by atoms with Gasteiger partial charge in [-0.1, -0.05) is 29.3 Å². The van der Waals surface area contributed by atoms with E-state index in [1.54, 1.807) is 12.1 Å². The fourth-order valence-electron chi connectivity index (χ4n) is 3.28. The molecular formula is C21H25Cl2FN2O2. The van der Waals surface area contributed by atoms with Crippen LogP contribution >= 0.6 is 23.2 Å². The SMILES string of the molecule is OC(CNC1CCN(Cc2ccc(Cl)c(Cl)c2)CC1)COc1ccc(F)cc1. The fraction of sp³-hybridized carbons (Fsp3) is 0.429. The Morgan fingerprint density at radius 3 is 2.50 bits per heavy atom. The molecule has 0 bridgehead atoms. The molecule has 0 amide bonds. The quantitative estimate of drug-likeness (QED) is 0.665. The molecule has 152 valence electrons. The minimum atomic E-state index is -0.612. The molecule has 1 heterocycles. The summed E-state index contributed by atoms with van der Waals surface area (Å²) in [4.78, 5) is 2.39. The Hall–Kier alpha value is -1.37. The zero-order valence-electron chi connectivity index (χ0n) is 15.6. The first kappa shape index (κ1) is 21.3. The number of nitrogens with one attached hydrogen (secondary N) is 1. The van der Waals surface area contributed by atoms with Crippen LogP contribution in [0.4, 0.5) is 4.39 Å². The van der Waals surface area contributed by atoms with E-state index in [1.165, 1.54) is 12.1 Å². The molecule has 0 radical (unpaired) electrons. The summed E-state index contributed by atoms with van der Waals surface area (Å²) < 4.78 is 18.3. The highest BCUT2D eigenvalue weighted by atomic mass is 35.5. The number of nitrogens with zero attached hydrogens (tertiary/aromatic N) is 1. The summed E-state index contributed by atoms with van der Waals surface area (Å²) >= 11 is 12.1. The van der Waals surface area contributed by atoms with Crippen LogP contribution in [-0.4, -0.2) is 48.4 Å². The second kappa shape index (κ2) is 10.4. The Balaban J connectivity index is 1.33. The standard InChI is InChI=1S/C21H25Cl2FN2O2/c22-20-6-1-15(11-21(20)23)13-26-9-7-17(8-10-26)25-12-18(27)14-28-19-4-2-16(24)3-5-19/h1-6,11,17-18,25,27H,7-10,12-14H2. The lowest BCUT2D eigenvalue weighted by Crippen LogP contribution is -2.45. The lowest BCUT2D eigenvalue weighted by molar-refractivity contribution is 0.0979. The van der Waals surface area contributed by atoms with Crippen molar-refractivity contribution in [1.82, 2.24) is 10.2 Å². The van der Waals surface area contributed by atoms with Crippen molar-refractivity contribution >= 4 is 23.2 Å². The molecule has 1 aliphatic rings. The van der Waals surface area contributed by atoms with Crippen LogP contribution in [0, 0.1) is 5.82 Å². The number of aliphatic hydroxyl groups is 1. The highest BCUT2D eigenvalue weighted by Crippen LogP contribution is 2.24. The molecule has 1 atom stereocenters. The van der Waals surface area contributed by atoms with Crippen LogP contribution in [0.25, 0.3) is 0 Å². The predicted molar refractivity (Wildman–Crippen MR) is 111 cm³/mol. The molecule has 0 aliphatic carbocycles. The number of halogens is 3. The Morgan fingerprint density at radius 1 is 1.11 bits per heavy atom. The van der Waals surface area contributed by atoms with Crippen molar-refractivity contribution in [3.05, 3.63) is 63.9 Å². The molecule has 2 aromatic rings. The zero-order chi connectivity index (χ0) is 19.9. The maximum atomic E-state index is 12.9. The minimum Gasteiger partial charge on any atom is -0.491 e. The smallest absolute Gasteiger partial charge is 0.123 e. The summed E-state index contributed by atoms with van der Waals surface area (Å²) in [5.41, 5.74) is 1.16. The minimum absolute atomic E-state index is 0.175. The van der Waals surface area contributed by atoms with Crippen molar-refractivity contribution in [1.29, 1.82) is 0 Å². The van der Waals surface area contributed by atoms with E-state index in [-0.39, 0.29) is 12.4 Å². The van der Waals surface area contributed by atoms with Gasteiger partial charge >= 0.3 is 0 Å². The van der Waals surface area contributed by atoms with Crippen LogP contribution in [-0.2, 0) is 6.54 Å². The monoisotopic (exact) mass is 426 g/mol. The van der Waals surface area contributed by atoms with Gasteiger partial charge in [-0.3, -0.25) is 4.90 Å². The van der Waals surface area contributed by atoms with E-state index in [4.69, 9.17) is 27.9 Å². The number of likely N-dealkylation sites (tertiary alicyclic amines) is 1. The van der Waals surface area contributed by atoms with Gasteiger partial charge in [0.1, 0.15) is 24.3 Å². The number of ether oxygens (including phenoxy) is 1. The lowest BCUT2D eigenvalue weighted by atomic mass is 10.0. The summed E-state index contributed by atoms with van der Waals surface area (Å²) in [5, 5.41) is 14.7. The van der Waals surface area contributed by atoms with Crippen molar-refractivity contribution < 1.29 is 14.2 Å². The van der Waals surface area contributed by atoms with Gasteiger partial charge in [-0.15, -0.1) is 0 Å². The molecule has 4 nitrogen and oxygen atoms in total. The molecule has 0 aromatic heterocycles. The largest absolute Gasteiger partial charge is 0.491 e. The third-order valence-corrected chi connectivity index (χ3v) is 5.61. The number of hydrogen-bond donors (Lipinski definition) is 2. The maximum Gasteiger partial charge on any atom is 0.123 e. The van der Waals surface area contributed by atoms with E-state index < -0.39 is 6.10 Å². The normalized spacial score (nSPS) is 16.9. The van der Waals surface area contributed by atoms with Crippen LogP contribution in [0.3, 0.4) is 0 Å². The molecule has 1 aliphatic heterocycles. The van der Waals surface area contributed by atoms with E-state index in [0.717, 1.165) is 38.0 Å².